The molecular weight excluding hydrogens is 123 g/mol. The van der Waals surface area contributed by atoms with Gasteiger partial charge in [-0.15, -0.1) is 0 Å². The molecule has 0 aromatic heterocycles. The number of rotatable bonds is 0. The van der Waals surface area contributed by atoms with E-state index < -0.39 is 12.5 Å². The second kappa shape index (κ2) is 1.87. The van der Waals surface area contributed by atoms with Gasteiger partial charge >= 0.3 is 0 Å². The van der Waals surface area contributed by atoms with Crippen LogP contribution in [0.5, 0.6) is 0 Å². The minimum absolute atomic E-state index is 0.451. The second-order valence-electron chi connectivity index (χ2n) is 2.90. The zero-order valence-electron chi connectivity index (χ0n) is 5.55. The summed E-state index contributed by atoms with van der Waals surface area (Å²) < 4.78 is 0. The highest BCUT2D eigenvalue weighted by molar-refractivity contribution is 7.64. The molecule has 0 radical (unpaired) electrons. The SMILES string of the molecule is C=P(O)(O)C(C)(C)C. The summed E-state index contributed by atoms with van der Waals surface area (Å²) in [5.74, 6) is 0. The Kier molecular flexibility index (Phi) is 1.92. The smallest absolute Gasteiger partial charge is 0.117 e. The third-order valence-corrected chi connectivity index (χ3v) is 3.22. The van der Waals surface area contributed by atoms with Crippen LogP contribution in [0.3, 0.4) is 0 Å². The summed E-state index contributed by atoms with van der Waals surface area (Å²) in [7, 11) is -2.85. The van der Waals surface area contributed by atoms with Crippen LogP contribution in [0.15, 0.2) is 0 Å². The van der Waals surface area contributed by atoms with Gasteiger partial charge in [-0.3, -0.25) is 0 Å². The summed E-state index contributed by atoms with van der Waals surface area (Å²) >= 11 is 0. The van der Waals surface area contributed by atoms with Crippen LogP contribution in [0.4, 0.5) is 0 Å². The maximum atomic E-state index is 8.91. The lowest BCUT2D eigenvalue weighted by atomic mass is 10.3. The highest BCUT2D eigenvalue weighted by Gasteiger charge is 2.23. The van der Waals surface area contributed by atoms with E-state index in [2.05, 4.69) is 6.30 Å². The third-order valence-electron chi connectivity index (χ3n) is 1.07. The lowest BCUT2D eigenvalue weighted by Gasteiger charge is -2.25. The fourth-order valence-corrected chi connectivity index (χ4v) is 0. The predicted octanol–water partition coefficient (Wildman–Crippen LogP) is 1.05. The van der Waals surface area contributed by atoms with Crippen molar-refractivity contribution in [2.75, 3.05) is 0 Å². The van der Waals surface area contributed by atoms with E-state index in [1.165, 1.54) is 0 Å². The minimum atomic E-state index is -2.85. The number of hydrogen-bond acceptors (Lipinski definition) is 2. The van der Waals surface area contributed by atoms with E-state index in [1.807, 2.05) is 0 Å². The summed E-state index contributed by atoms with van der Waals surface area (Å²) in [5.41, 5.74) is 0. The first-order valence-corrected chi connectivity index (χ1v) is 4.32. The molecule has 0 rings (SSSR count). The maximum absolute atomic E-state index is 8.91. The fourth-order valence-electron chi connectivity index (χ4n) is 0. The van der Waals surface area contributed by atoms with E-state index in [0.29, 0.717) is 0 Å². The van der Waals surface area contributed by atoms with Gasteiger partial charge in [0.05, 0.1) is 0 Å². The van der Waals surface area contributed by atoms with E-state index in [4.69, 9.17) is 9.79 Å². The molecule has 0 aliphatic rings. The van der Waals surface area contributed by atoms with Gasteiger partial charge in [-0.25, -0.2) is 0 Å². The van der Waals surface area contributed by atoms with E-state index in [0.717, 1.165) is 0 Å². The average Bonchev–Trinajstić information content (AvgIpc) is 1.25. The first-order valence-electron chi connectivity index (χ1n) is 2.44. The van der Waals surface area contributed by atoms with E-state index >= 15 is 0 Å². The molecule has 3 heteroatoms. The molecule has 0 heterocycles. The molecule has 0 aliphatic heterocycles. The number of hydrogen-bond donors (Lipinski definition) is 2. The molecule has 2 nitrogen and oxygen atoms in total. The fraction of sp³-hybridized carbons (Fsp3) is 0.800. The lowest BCUT2D eigenvalue weighted by molar-refractivity contribution is 0.439. The standard InChI is InChI=1S/C5H13O2P/c1-5(2,3)8(4,6)7/h6-7H,4H2,1-3H3. The summed E-state index contributed by atoms with van der Waals surface area (Å²) in [4.78, 5) is 17.8. The van der Waals surface area contributed by atoms with Crippen LogP contribution in [-0.4, -0.2) is 21.2 Å². The van der Waals surface area contributed by atoms with Crippen molar-refractivity contribution in [2.24, 2.45) is 0 Å². The summed E-state index contributed by atoms with van der Waals surface area (Å²) in [6, 6.07) is 0. The topological polar surface area (TPSA) is 40.5 Å². The van der Waals surface area contributed by atoms with Crippen molar-refractivity contribution in [2.45, 2.75) is 25.9 Å². The molecule has 8 heavy (non-hydrogen) atoms. The molecule has 0 spiro atoms. The summed E-state index contributed by atoms with van der Waals surface area (Å²) in [5, 5.41) is -0.451. The van der Waals surface area contributed by atoms with Gasteiger partial charge in [0.15, 0.2) is 0 Å². The molecule has 0 aliphatic carbocycles. The van der Waals surface area contributed by atoms with Crippen LogP contribution in [-0.2, 0) is 0 Å². The molecule has 0 saturated heterocycles. The highest BCUT2D eigenvalue weighted by Crippen LogP contribution is 2.48. The minimum Gasteiger partial charge on any atom is -0.353 e. The van der Waals surface area contributed by atoms with Crippen LogP contribution in [0.25, 0.3) is 0 Å². The zero-order chi connectivity index (χ0) is 7.00. The van der Waals surface area contributed by atoms with Crippen LogP contribution in [0.1, 0.15) is 20.8 Å². The molecule has 0 unspecified atom stereocenters. The molecule has 50 valence electrons. The van der Waals surface area contributed by atoms with Gasteiger partial charge in [-0.1, -0.05) is 27.1 Å². The zero-order valence-corrected chi connectivity index (χ0v) is 6.44. The van der Waals surface area contributed by atoms with Crippen molar-refractivity contribution < 1.29 is 9.79 Å². The van der Waals surface area contributed by atoms with Gasteiger partial charge in [0.2, 0.25) is 0 Å². The first-order chi connectivity index (χ1) is 3.25. The van der Waals surface area contributed by atoms with Crippen LogP contribution >= 0.6 is 7.34 Å². The summed E-state index contributed by atoms with van der Waals surface area (Å²) in [6.45, 7) is 5.27. The van der Waals surface area contributed by atoms with Gasteiger partial charge in [0, 0.05) is 5.16 Å². The molecule has 0 saturated carbocycles. The Bertz CT molecular complexity index is 117. The van der Waals surface area contributed by atoms with Gasteiger partial charge in [0.1, 0.15) is 7.34 Å². The predicted molar refractivity (Wildman–Crippen MR) is 38.2 cm³/mol. The van der Waals surface area contributed by atoms with E-state index in [1.54, 1.807) is 20.8 Å². The third kappa shape index (κ3) is 1.99. The van der Waals surface area contributed by atoms with E-state index in [9.17, 15) is 0 Å². The van der Waals surface area contributed by atoms with Crippen molar-refractivity contribution in [3.8, 4) is 0 Å². The average molecular weight is 136 g/mol. The normalized spacial score (nSPS) is 14.1. The van der Waals surface area contributed by atoms with Gasteiger partial charge in [-0.05, 0) is 0 Å². The van der Waals surface area contributed by atoms with Crippen molar-refractivity contribution in [3.63, 3.8) is 0 Å². The van der Waals surface area contributed by atoms with Crippen LogP contribution in [0, 0.1) is 0 Å². The Morgan fingerprint density at radius 2 is 1.38 bits per heavy atom. The molecule has 0 fully saturated rings. The Labute approximate surface area is 50.3 Å². The van der Waals surface area contributed by atoms with Crippen molar-refractivity contribution in [1.29, 1.82) is 0 Å². The quantitative estimate of drug-likeness (QED) is 0.488. The maximum Gasteiger partial charge on any atom is 0.117 e. The largest absolute Gasteiger partial charge is 0.353 e. The molecule has 0 bridgehead atoms. The highest BCUT2D eigenvalue weighted by atomic mass is 31.2. The Hall–Kier alpha value is 0.220. The Morgan fingerprint density at radius 1 is 1.25 bits per heavy atom. The van der Waals surface area contributed by atoms with Crippen molar-refractivity contribution in [1.82, 2.24) is 0 Å². The molecule has 2 N–H and O–H groups in total. The monoisotopic (exact) mass is 136 g/mol. The van der Waals surface area contributed by atoms with Gasteiger partial charge in [-0.2, -0.15) is 0 Å². The van der Waals surface area contributed by atoms with Crippen LogP contribution in [0.2, 0.25) is 0 Å². The van der Waals surface area contributed by atoms with Crippen molar-refractivity contribution >= 4 is 13.6 Å². The lowest BCUT2D eigenvalue weighted by Crippen LogP contribution is -2.13. The van der Waals surface area contributed by atoms with Crippen LogP contribution < -0.4 is 0 Å². The molecule has 0 amide bonds. The Morgan fingerprint density at radius 3 is 1.38 bits per heavy atom. The molecule has 0 aromatic carbocycles. The molecular formula is C5H13O2P. The van der Waals surface area contributed by atoms with Gasteiger partial charge in [0.25, 0.3) is 0 Å². The van der Waals surface area contributed by atoms with Crippen molar-refractivity contribution in [3.05, 3.63) is 0 Å². The second-order valence-corrected chi connectivity index (χ2v) is 5.70. The molecule has 0 aromatic rings. The van der Waals surface area contributed by atoms with Gasteiger partial charge < -0.3 is 9.79 Å². The Balaban J connectivity index is 4.26. The van der Waals surface area contributed by atoms with E-state index in [-0.39, 0.29) is 0 Å². The molecule has 0 atom stereocenters. The summed E-state index contributed by atoms with van der Waals surface area (Å²) in [6.07, 6.45) is 3.26. The first kappa shape index (κ1) is 8.22.